The number of hydrogen-bond donors (Lipinski definition) is 3. The van der Waals surface area contributed by atoms with Gasteiger partial charge in [-0.25, -0.2) is 4.79 Å². The van der Waals surface area contributed by atoms with E-state index in [-0.39, 0.29) is 12.5 Å². The highest BCUT2D eigenvalue weighted by Gasteiger charge is 2.02. The number of carboxylic acid groups (broad SMARTS) is 1. The van der Waals surface area contributed by atoms with E-state index in [0.717, 1.165) is 11.1 Å². The van der Waals surface area contributed by atoms with Gasteiger partial charge in [0.1, 0.15) is 0 Å². The van der Waals surface area contributed by atoms with Crippen LogP contribution in [0.25, 0.3) is 0 Å². The Morgan fingerprint density at radius 3 is 2.74 bits per heavy atom. The molecule has 0 fully saturated rings. The van der Waals surface area contributed by atoms with Crippen molar-refractivity contribution in [2.45, 2.75) is 25.9 Å². The van der Waals surface area contributed by atoms with Gasteiger partial charge in [-0.2, -0.15) is 5.10 Å². The summed E-state index contributed by atoms with van der Waals surface area (Å²) in [6.45, 7) is 1.44. The Morgan fingerprint density at radius 1 is 1.17 bits per heavy atom. The smallest absolute Gasteiger partial charge is 0.315 e. The van der Waals surface area contributed by atoms with Crippen LogP contribution in [0.5, 0.6) is 0 Å². The summed E-state index contributed by atoms with van der Waals surface area (Å²) in [7, 11) is 0. The van der Waals surface area contributed by atoms with Gasteiger partial charge in [0.2, 0.25) is 0 Å². The molecule has 0 aliphatic rings. The van der Waals surface area contributed by atoms with Gasteiger partial charge in [0.25, 0.3) is 0 Å². The monoisotopic (exact) mass is 316 g/mol. The fourth-order valence-corrected chi connectivity index (χ4v) is 2.11. The molecule has 7 heteroatoms. The van der Waals surface area contributed by atoms with Crippen molar-refractivity contribution in [2.24, 2.45) is 0 Å². The maximum absolute atomic E-state index is 11.6. The predicted molar refractivity (Wildman–Crippen MR) is 84.9 cm³/mol. The lowest BCUT2D eigenvalue weighted by atomic mass is 10.1. The zero-order chi connectivity index (χ0) is 16.5. The Balaban J connectivity index is 1.74. The second-order valence-electron chi connectivity index (χ2n) is 5.13. The van der Waals surface area contributed by atoms with Gasteiger partial charge in [0.05, 0.1) is 6.54 Å². The summed E-state index contributed by atoms with van der Waals surface area (Å²) in [5, 5.41) is 18.1. The summed E-state index contributed by atoms with van der Waals surface area (Å²) in [6.07, 6.45) is 4.10. The molecule has 23 heavy (non-hydrogen) atoms. The highest BCUT2D eigenvalue weighted by atomic mass is 16.4. The standard InChI is InChI=1S/C16H20N4O3/c21-15(22)6-2-7-17-16(23)18-11-13-4-1-5-14(10-13)12-20-9-3-8-19-20/h1,3-5,8-10H,2,6-7,11-12H2,(H,21,22)(H2,17,18,23). The molecular formula is C16H20N4O3. The number of urea groups is 1. The first-order valence-corrected chi connectivity index (χ1v) is 7.42. The minimum atomic E-state index is -0.860. The molecule has 1 aromatic carbocycles. The zero-order valence-corrected chi connectivity index (χ0v) is 12.7. The first kappa shape index (κ1) is 16.5. The largest absolute Gasteiger partial charge is 0.481 e. The number of aliphatic carboxylic acids is 1. The summed E-state index contributed by atoms with van der Waals surface area (Å²) < 4.78 is 1.84. The lowest BCUT2D eigenvalue weighted by Crippen LogP contribution is -2.35. The molecule has 0 saturated carbocycles. The van der Waals surface area contributed by atoms with Crippen LogP contribution < -0.4 is 10.6 Å². The Hall–Kier alpha value is -2.83. The predicted octanol–water partition coefficient (Wildman–Crippen LogP) is 1.60. The second kappa shape index (κ2) is 8.57. The Morgan fingerprint density at radius 2 is 2.00 bits per heavy atom. The molecule has 0 aliphatic heterocycles. The number of hydrogen-bond acceptors (Lipinski definition) is 3. The van der Waals surface area contributed by atoms with E-state index in [0.29, 0.717) is 26.1 Å². The molecule has 3 N–H and O–H groups in total. The van der Waals surface area contributed by atoms with Crippen LogP contribution in [0.1, 0.15) is 24.0 Å². The minimum absolute atomic E-state index is 0.0513. The van der Waals surface area contributed by atoms with Crippen LogP contribution >= 0.6 is 0 Å². The maximum Gasteiger partial charge on any atom is 0.315 e. The third-order valence-electron chi connectivity index (χ3n) is 3.20. The van der Waals surface area contributed by atoms with Gasteiger partial charge in [-0.1, -0.05) is 24.3 Å². The number of nitrogens with one attached hydrogen (secondary N) is 2. The first-order valence-electron chi connectivity index (χ1n) is 7.42. The second-order valence-corrected chi connectivity index (χ2v) is 5.13. The van der Waals surface area contributed by atoms with Gasteiger partial charge in [-0.05, 0) is 23.6 Å². The Kier molecular flexibility index (Phi) is 6.17. The van der Waals surface area contributed by atoms with Crippen LogP contribution in [0.2, 0.25) is 0 Å². The van der Waals surface area contributed by atoms with Crippen LogP contribution in [0.4, 0.5) is 4.79 Å². The maximum atomic E-state index is 11.6. The van der Waals surface area contributed by atoms with Gasteiger partial charge < -0.3 is 15.7 Å². The number of carboxylic acids is 1. The summed E-state index contributed by atoms with van der Waals surface area (Å²) in [5.41, 5.74) is 2.10. The molecule has 0 bridgehead atoms. The van der Waals surface area contributed by atoms with Crippen molar-refractivity contribution in [3.05, 3.63) is 53.9 Å². The molecule has 2 rings (SSSR count). The third kappa shape index (κ3) is 6.21. The number of carbonyl (C=O) groups is 2. The van der Waals surface area contributed by atoms with Crippen LogP contribution in [-0.4, -0.2) is 33.4 Å². The van der Waals surface area contributed by atoms with E-state index in [1.54, 1.807) is 6.20 Å². The van der Waals surface area contributed by atoms with E-state index in [1.165, 1.54) is 0 Å². The van der Waals surface area contributed by atoms with Crippen LogP contribution in [0.3, 0.4) is 0 Å². The lowest BCUT2D eigenvalue weighted by Gasteiger charge is -2.09. The molecule has 0 radical (unpaired) electrons. The van der Waals surface area contributed by atoms with Crippen molar-refractivity contribution in [1.29, 1.82) is 0 Å². The summed E-state index contributed by atoms with van der Waals surface area (Å²) in [6, 6.07) is 9.49. The van der Waals surface area contributed by atoms with E-state index in [9.17, 15) is 9.59 Å². The number of carbonyl (C=O) groups excluding carboxylic acids is 1. The molecule has 0 saturated heterocycles. The molecule has 2 amide bonds. The summed E-state index contributed by atoms with van der Waals surface area (Å²) in [5.74, 6) is -0.860. The van der Waals surface area contributed by atoms with Crippen molar-refractivity contribution in [3.63, 3.8) is 0 Å². The number of nitrogens with zero attached hydrogens (tertiary/aromatic N) is 2. The van der Waals surface area contributed by atoms with Gasteiger partial charge in [-0.3, -0.25) is 9.48 Å². The van der Waals surface area contributed by atoms with Gasteiger partial charge >= 0.3 is 12.0 Å². The summed E-state index contributed by atoms with van der Waals surface area (Å²) >= 11 is 0. The van der Waals surface area contributed by atoms with E-state index < -0.39 is 5.97 Å². The molecule has 0 unspecified atom stereocenters. The highest BCUT2D eigenvalue weighted by Crippen LogP contribution is 2.06. The van der Waals surface area contributed by atoms with Crippen LogP contribution in [0, 0.1) is 0 Å². The van der Waals surface area contributed by atoms with E-state index in [1.807, 2.05) is 41.2 Å². The van der Waals surface area contributed by atoms with Crippen molar-refractivity contribution < 1.29 is 14.7 Å². The zero-order valence-electron chi connectivity index (χ0n) is 12.7. The van der Waals surface area contributed by atoms with Gasteiger partial charge in [-0.15, -0.1) is 0 Å². The molecule has 7 nitrogen and oxygen atoms in total. The molecule has 0 atom stereocenters. The fraction of sp³-hybridized carbons (Fsp3) is 0.312. The molecule has 2 aromatic rings. The third-order valence-corrected chi connectivity index (χ3v) is 3.20. The van der Waals surface area contributed by atoms with E-state index in [4.69, 9.17) is 5.11 Å². The van der Waals surface area contributed by atoms with Gasteiger partial charge in [0.15, 0.2) is 0 Å². The average molecular weight is 316 g/mol. The number of benzene rings is 1. The molecule has 1 heterocycles. The van der Waals surface area contributed by atoms with Crippen molar-refractivity contribution in [3.8, 4) is 0 Å². The lowest BCUT2D eigenvalue weighted by molar-refractivity contribution is -0.137. The molecule has 0 aliphatic carbocycles. The van der Waals surface area contributed by atoms with Gasteiger partial charge in [0, 0.05) is 31.9 Å². The molecule has 122 valence electrons. The number of amides is 2. The molecule has 0 spiro atoms. The van der Waals surface area contributed by atoms with Crippen molar-refractivity contribution in [1.82, 2.24) is 20.4 Å². The van der Waals surface area contributed by atoms with Crippen molar-refractivity contribution >= 4 is 12.0 Å². The number of aromatic nitrogens is 2. The molecular weight excluding hydrogens is 296 g/mol. The quantitative estimate of drug-likeness (QED) is 0.644. The highest BCUT2D eigenvalue weighted by molar-refractivity contribution is 5.73. The molecule has 1 aromatic heterocycles. The Labute approximate surface area is 134 Å². The first-order chi connectivity index (χ1) is 11.1. The SMILES string of the molecule is O=C(O)CCCNC(=O)NCc1cccc(Cn2cccn2)c1. The summed E-state index contributed by atoms with van der Waals surface area (Å²) in [4.78, 5) is 22.0. The fourth-order valence-electron chi connectivity index (χ4n) is 2.11. The number of rotatable bonds is 8. The van der Waals surface area contributed by atoms with E-state index >= 15 is 0 Å². The normalized spacial score (nSPS) is 10.3. The van der Waals surface area contributed by atoms with Crippen LogP contribution in [0.15, 0.2) is 42.7 Å². The van der Waals surface area contributed by atoms with E-state index in [2.05, 4.69) is 15.7 Å². The Bertz CT molecular complexity index is 641. The minimum Gasteiger partial charge on any atom is -0.481 e. The topological polar surface area (TPSA) is 96.3 Å². The van der Waals surface area contributed by atoms with Crippen molar-refractivity contribution in [2.75, 3.05) is 6.54 Å². The average Bonchev–Trinajstić information content (AvgIpc) is 3.03. The van der Waals surface area contributed by atoms with Crippen LogP contribution in [-0.2, 0) is 17.9 Å².